The molecule has 0 saturated carbocycles. The Morgan fingerprint density at radius 2 is 2.19 bits per heavy atom. The Bertz CT molecular complexity index is 468. The molecule has 1 aromatic heterocycles. The normalized spacial score (nSPS) is 12.4. The van der Waals surface area contributed by atoms with Crippen LogP contribution in [-0.4, -0.2) is 12.2 Å². The van der Waals surface area contributed by atoms with Crippen LogP contribution in [0.25, 0.3) is 0 Å². The third-order valence-corrected chi connectivity index (χ3v) is 3.72. The molecule has 0 aliphatic heterocycles. The van der Waals surface area contributed by atoms with Gasteiger partial charge in [-0.1, -0.05) is 28.1 Å². The number of benzene rings is 1. The van der Waals surface area contributed by atoms with E-state index in [0.29, 0.717) is 5.75 Å². The number of aliphatic hydroxyl groups excluding tert-OH is 1. The van der Waals surface area contributed by atoms with Crippen molar-refractivity contribution >= 4 is 27.3 Å². The third kappa shape index (κ3) is 2.29. The number of rotatable bonds is 3. The molecule has 84 valence electrons. The molecule has 16 heavy (non-hydrogen) atoms. The first-order valence-electron chi connectivity index (χ1n) is 4.77. The Hall–Kier alpha value is -0.840. The fraction of sp³-hybridized carbons (Fsp3) is 0.167. The highest BCUT2D eigenvalue weighted by Crippen LogP contribution is 2.33. The van der Waals surface area contributed by atoms with Gasteiger partial charge in [-0.3, -0.25) is 0 Å². The fourth-order valence-electron chi connectivity index (χ4n) is 1.51. The van der Waals surface area contributed by atoms with Crippen molar-refractivity contribution in [2.45, 2.75) is 6.10 Å². The van der Waals surface area contributed by atoms with E-state index < -0.39 is 6.10 Å². The molecular weight excluding hydrogens is 288 g/mol. The van der Waals surface area contributed by atoms with Crippen LogP contribution in [0.1, 0.15) is 16.5 Å². The summed E-state index contributed by atoms with van der Waals surface area (Å²) in [7, 11) is 1.60. The second-order valence-corrected chi connectivity index (χ2v) is 5.20. The standard InChI is InChI=1S/C12H11BrO2S/c1-15-10-7-8(13)4-5-9(10)12(14)11-3-2-6-16-11/h2-7,12,14H,1H3. The minimum Gasteiger partial charge on any atom is -0.496 e. The molecule has 1 atom stereocenters. The van der Waals surface area contributed by atoms with Crippen molar-refractivity contribution in [1.29, 1.82) is 0 Å². The topological polar surface area (TPSA) is 29.5 Å². The summed E-state index contributed by atoms with van der Waals surface area (Å²) < 4.78 is 6.20. The average molecular weight is 299 g/mol. The van der Waals surface area contributed by atoms with E-state index >= 15 is 0 Å². The molecule has 2 rings (SSSR count). The lowest BCUT2D eigenvalue weighted by Crippen LogP contribution is -2.00. The lowest BCUT2D eigenvalue weighted by atomic mass is 10.1. The van der Waals surface area contributed by atoms with E-state index in [1.807, 2.05) is 35.7 Å². The van der Waals surface area contributed by atoms with Crippen LogP contribution in [0.15, 0.2) is 40.2 Å². The van der Waals surface area contributed by atoms with Crippen LogP contribution in [0.5, 0.6) is 5.75 Å². The smallest absolute Gasteiger partial charge is 0.126 e. The average Bonchev–Trinajstić information content (AvgIpc) is 2.81. The Kier molecular flexibility index (Phi) is 3.63. The zero-order chi connectivity index (χ0) is 11.5. The van der Waals surface area contributed by atoms with Crippen LogP contribution in [0.4, 0.5) is 0 Å². The molecule has 0 aliphatic carbocycles. The Balaban J connectivity index is 2.40. The number of methoxy groups -OCH3 is 1. The van der Waals surface area contributed by atoms with Crippen molar-refractivity contribution in [3.63, 3.8) is 0 Å². The van der Waals surface area contributed by atoms with Gasteiger partial charge in [-0.25, -0.2) is 0 Å². The summed E-state index contributed by atoms with van der Waals surface area (Å²) in [4.78, 5) is 0.917. The molecule has 0 aliphatic rings. The molecule has 0 spiro atoms. The summed E-state index contributed by atoms with van der Waals surface area (Å²) in [5.41, 5.74) is 0.785. The third-order valence-electron chi connectivity index (χ3n) is 2.30. The monoisotopic (exact) mass is 298 g/mol. The van der Waals surface area contributed by atoms with Crippen LogP contribution < -0.4 is 4.74 Å². The van der Waals surface area contributed by atoms with Crippen LogP contribution >= 0.6 is 27.3 Å². The summed E-state index contributed by atoms with van der Waals surface area (Å²) >= 11 is 4.91. The van der Waals surface area contributed by atoms with Gasteiger partial charge in [0.15, 0.2) is 0 Å². The van der Waals surface area contributed by atoms with Crippen LogP contribution in [0, 0.1) is 0 Å². The van der Waals surface area contributed by atoms with Crippen molar-refractivity contribution in [2.75, 3.05) is 7.11 Å². The molecule has 2 nitrogen and oxygen atoms in total. The van der Waals surface area contributed by atoms with Crippen molar-refractivity contribution in [1.82, 2.24) is 0 Å². The van der Waals surface area contributed by atoms with Gasteiger partial charge in [0.2, 0.25) is 0 Å². The van der Waals surface area contributed by atoms with Gasteiger partial charge in [-0.15, -0.1) is 11.3 Å². The molecule has 4 heteroatoms. The number of ether oxygens (including phenoxy) is 1. The second kappa shape index (κ2) is 4.99. The molecule has 0 radical (unpaired) electrons. The van der Waals surface area contributed by atoms with E-state index in [9.17, 15) is 5.11 Å². The summed E-state index contributed by atoms with van der Waals surface area (Å²) in [6.07, 6.45) is -0.622. The van der Waals surface area contributed by atoms with Gasteiger partial charge in [-0.2, -0.15) is 0 Å². The highest BCUT2D eigenvalue weighted by Gasteiger charge is 2.16. The number of aliphatic hydroxyl groups is 1. The minimum atomic E-state index is -0.622. The highest BCUT2D eigenvalue weighted by atomic mass is 79.9. The van der Waals surface area contributed by atoms with Gasteiger partial charge < -0.3 is 9.84 Å². The molecule has 0 saturated heterocycles. The summed E-state index contributed by atoms with van der Waals surface area (Å²) in [5.74, 6) is 0.690. The first kappa shape index (κ1) is 11.6. The molecular formula is C12H11BrO2S. The number of halogens is 1. The predicted octanol–water partition coefficient (Wildman–Crippen LogP) is 3.60. The second-order valence-electron chi connectivity index (χ2n) is 3.30. The molecule has 2 aromatic rings. The quantitative estimate of drug-likeness (QED) is 0.938. The molecule has 1 aromatic carbocycles. The fourth-order valence-corrected chi connectivity index (χ4v) is 2.58. The van der Waals surface area contributed by atoms with E-state index in [1.54, 1.807) is 7.11 Å². The van der Waals surface area contributed by atoms with Crippen molar-refractivity contribution < 1.29 is 9.84 Å². The highest BCUT2D eigenvalue weighted by molar-refractivity contribution is 9.10. The van der Waals surface area contributed by atoms with E-state index in [-0.39, 0.29) is 0 Å². The summed E-state index contributed by atoms with van der Waals surface area (Å²) in [5, 5.41) is 12.1. The van der Waals surface area contributed by atoms with Gasteiger partial charge >= 0.3 is 0 Å². The SMILES string of the molecule is COc1cc(Br)ccc1C(O)c1cccs1. The van der Waals surface area contributed by atoms with Gasteiger partial charge in [-0.05, 0) is 23.6 Å². The first-order chi connectivity index (χ1) is 7.72. The molecule has 0 amide bonds. The zero-order valence-corrected chi connectivity index (χ0v) is 11.1. The van der Waals surface area contributed by atoms with Crippen molar-refractivity contribution in [3.8, 4) is 5.75 Å². The van der Waals surface area contributed by atoms with E-state index in [0.717, 1.165) is 14.9 Å². The summed E-state index contributed by atoms with van der Waals surface area (Å²) in [6, 6.07) is 9.46. The van der Waals surface area contributed by atoms with Gasteiger partial charge in [0.25, 0.3) is 0 Å². The van der Waals surface area contributed by atoms with Crippen molar-refractivity contribution in [3.05, 3.63) is 50.6 Å². The van der Waals surface area contributed by atoms with Gasteiger partial charge in [0.05, 0.1) is 7.11 Å². The number of hydrogen-bond donors (Lipinski definition) is 1. The minimum absolute atomic E-state index is 0.622. The van der Waals surface area contributed by atoms with Crippen LogP contribution in [-0.2, 0) is 0 Å². The number of thiophene rings is 1. The first-order valence-corrected chi connectivity index (χ1v) is 6.44. The Morgan fingerprint density at radius 3 is 2.81 bits per heavy atom. The number of hydrogen-bond acceptors (Lipinski definition) is 3. The van der Waals surface area contributed by atoms with Gasteiger partial charge in [0, 0.05) is 14.9 Å². The molecule has 1 unspecified atom stereocenters. The molecule has 0 bridgehead atoms. The Morgan fingerprint density at radius 1 is 1.38 bits per heavy atom. The maximum Gasteiger partial charge on any atom is 0.126 e. The molecule has 0 fully saturated rings. The zero-order valence-electron chi connectivity index (χ0n) is 8.68. The largest absolute Gasteiger partial charge is 0.496 e. The van der Waals surface area contributed by atoms with Crippen LogP contribution in [0.2, 0.25) is 0 Å². The molecule has 1 N–H and O–H groups in total. The van der Waals surface area contributed by atoms with Crippen LogP contribution in [0.3, 0.4) is 0 Å². The van der Waals surface area contributed by atoms with E-state index in [2.05, 4.69) is 15.9 Å². The van der Waals surface area contributed by atoms with Crippen molar-refractivity contribution in [2.24, 2.45) is 0 Å². The maximum atomic E-state index is 10.2. The molecule has 1 heterocycles. The van der Waals surface area contributed by atoms with Gasteiger partial charge in [0.1, 0.15) is 11.9 Å². The lowest BCUT2D eigenvalue weighted by Gasteiger charge is -2.13. The lowest BCUT2D eigenvalue weighted by molar-refractivity contribution is 0.218. The maximum absolute atomic E-state index is 10.2. The van der Waals surface area contributed by atoms with E-state index in [1.165, 1.54) is 11.3 Å². The van der Waals surface area contributed by atoms with E-state index in [4.69, 9.17) is 4.74 Å². The predicted molar refractivity (Wildman–Crippen MR) is 69.1 cm³/mol. The Labute approximate surface area is 107 Å². The summed E-state index contributed by atoms with van der Waals surface area (Å²) in [6.45, 7) is 0.